The molecule has 8 nitrogen and oxygen atoms in total. The van der Waals surface area contributed by atoms with Crippen LogP contribution in [-0.2, 0) is 11.8 Å². The van der Waals surface area contributed by atoms with Crippen LogP contribution in [0.1, 0.15) is 21.8 Å². The maximum absolute atomic E-state index is 12.5. The first-order chi connectivity index (χ1) is 12.2. The van der Waals surface area contributed by atoms with E-state index in [0.717, 1.165) is 4.68 Å². The summed E-state index contributed by atoms with van der Waals surface area (Å²) in [6.45, 7) is 2.17. The number of rotatable bonds is 7. The lowest BCUT2D eigenvalue weighted by Crippen LogP contribution is -2.27. The average molecular weight is 376 g/mol. The highest BCUT2D eigenvalue weighted by atomic mass is 19.4. The van der Waals surface area contributed by atoms with Crippen LogP contribution in [-0.4, -0.2) is 53.9 Å². The van der Waals surface area contributed by atoms with Crippen molar-refractivity contribution in [2.45, 2.75) is 20.0 Å². The summed E-state index contributed by atoms with van der Waals surface area (Å²) < 4.78 is 53.6. The number of hydrogen-bond acceptors (Lipinski definition) is 6. The zero-order valence-corrected chi connectivity index (χ0v) is 14.7. The summed E-state index contributed by atoms with van der Waals surface area (Å²) in [5, 5.41) is 10.5. The van der Waals surface area contributed by atoms with Crippen LogP contribution in [0.25, 0.3) is 11.3 Å². The standard InChI is InChI=1S/C15H19F3N4O4/c1-8-10(14(22(3)20-8)25-7-15(16,17)18)12-11(9(2)26-21-12)13(23)19-5-6-24-4/h5-7H2,1-4H3,(H,19,23). The van der Waals surface area contributed by atoms with Gasteiger partial charge in [-0.1, -0.05) is 5.16 Å². The van der Waals surface area contributed by atoms with Gasteiger partial charge < -0.3 is 19.3 Å². The van der Waals surface area contributed by atoms with E-state index < -0.39 is 18.7 Å². The zero-order chi connectivity index (χ0) is 19.5. The SMILES string of the molecule is COCCNC(=O)c1c(-c2c(C)nn(C)c2OCC(F)(F)F)noc1C. The molecule has 0 saturated heterocycles. The molecule has 144 valence electrons. The normalized spacial score (nSPS) is 11.7. The second-order valence-corrected chi connectivity index (χ2v) is 5.50. The number of halogens is 3. The Kier molecular flexibility index (Phi) is 5.90. The van der Waals surface area contributed by atoms with Gasteiger partial charge in [-0.2, -0.15) is 18.3 Å². The molecule has 26 heavy (non-hydrogen) atoms. The number of ether oxygens (including phenoxy) is 2. The number of aryl methyl sites for hydroxylation is 3. The molecule has 0 unspecified atom stereocenters. The Morgan fingerprint density at radius 1 is 1.35 bits per heavy atom. The van der Waals surface area contributed by atoms with Gasteiger partial charge >= 0.3 is 6.18 Å². The van der Waals surface area contributed by atoms with Crippen LogP contribution in [0.2, 0.25) is 0 Å². The number of carbonyl (C=O) groups excluding carboxylic acids is 1. The monoisotopic (exact) mass is 376 g/mol. The highest BCUT2D eigenvalue weighted by molar-refractivity contribution is 6.01. The molecule has 0 aromatic carbocycles. The molecule has 0 radical (unpaired) electrons. The van der Waals surface area contributed by atoms with Crippen molar-refractivity contribution < 1.29 is 32.0 Å². The molecule has 0 bridgehead atoms. The highest BCUT2D eigenvalue weighted by Gasteiger charge is 2.32. The number of alkyl halides is 3. The third-order valence-corrected chi connectivity index (χ3v) is 3.46. The minimum absolute atomic E-state index is 0.0696. The smallest absolute Gasteiger partial charge is 0.422 e. The summed E-state index contributed by atoms with van der Waals surface area (Å²) in [6, 6.07) is 0. The van der Waals surface area contributed by atoms with Crippen LogP contribution in [0.5, 0.6) is 5.88 Å². The molecule has 0 atom stereocenters. The van der Waals surface area contributed by atoms with Crippen LogP contribution in [0, 0.1) is 13.8 Å². The van der Waals surface area contributed by atoms with Crippen molar-refractivity contribution in [3.8, 4) is 17.1 Å². The molecule has 2 heterocycles. The molecule has 11 heteroatoms. The molecule has 0 aliphatic carbocycles. The van der Waals surface area contributed by atoms with Gasteiger partial charge in [-0.3, -0.25) is 4.79 Å². The maximum atomic E-state index is 12.5. The zero-order valence-electron chi connectivity index (χ0n) is 14.7. The Morgan fingerprint density at radius 2 is 2.04 bits per heavy atom. The van der Waals surface area contributed by atoms with Crippen molar-refractivity contribution in [1.82, 2.24) is 20.3 Å². The van der Waals surface area contributed by atoms with E-state index in [-0.39, 0.29) is 35.0 Å². The number of hydrogen-bond donors (Lipinski definition) is 1. The second-order valence-electron chi connectivity index (χ2n) is 5.50. The van der Waals surface area contributed by atoms with E-state index in [1.165, 1.54) is 21.1 Å². The minimum atomic E-state index is -4.52. The number of nitrogens with zero attached hydrogens (tertiary/aromatic N) is 3. The number of amides is 1. The molecule has 0 saturated carbocycles. The van der Waals surface area contributed by atoms with Gasteiger partial charge in [-0.25, -0.2) is 4.68 Å². The van der Waals surface area contributed by atoms with Gasteiger partial charge in [0.1, 0.15) is 17.0 Å². The minimum Gasteiger partial charge on any atom is -0.468 e. The van der Waals surface area contributed by atoms with Crippen LogP contribution in [0.3, 0.4) is 0 Å². The van der Waals surface area contributed by atoms with Crippen molar-refractivity contribution in [3.05, 3.63) is 17.0 Å². The molecule has 1 N–H and O–H groups in total. The predicted molar refractivity (Wildman–Crippen MR) is 83.9 cm³/mol. The Balaban J connectivity index is 2.41. The van der Waals surface area contributed by atoms with Gasteiger partial charge in [0.15, 0.2) is 6.61 Å². The first-order valence-electron chi connectivity index (χ1n) is 7.62. The topological polar surface area (TPSA) is 91.4 Å². The number of nitrogens with one attached hydrogen (secondary N) is 1. The summed E-state index contributed by atoms with van der Waals surface area (Å²) in [5.74, 6) is -0.417. The van der Waals surface area contributed by atoms with Crippen molar-refractivity contribution in [2.24, 2.45) is 7.05 Å². The Bertz CT molecular complexity index is 783. The van der Waals surface area contributed by atoms with E-state index in [4.69, 9.17) is 14.0 Å². The van der Waals surface area contributed by atoms with Crippen LogP contribution >= 0.6 is 0 Å². The van der Waals surface area contributed by atoms with Crippen molar-refractivity contribution in [2.75, 3.05) is 26.9 Å². The van der Waals surface area contributed by atoms with E-state index in [9.17, 15) is 18.0 Å². The summed E-state index contributed by atoms with van der Waals surface area (Å²) in [4.78, 5) is 12.4. The first-order valence-corrected chi connectivity index (χ1v) is 7.62. The van der Waals surface area contributed by atoms with E-state index >= 15 is 0 Å². The lowest BCUT2D eigenvalue weighted by atomic mass is 10.1. The van der Waals surface area contributed by atoms with Crippen molar-refractivity contribution in [1.29, 1.82) is 0 Å². The van der Waals surface area contributed by atoms with Gasteiger partial charge in [0.05, 0.1) is 17.9 Å². The lowest BCUT2D eigenvalue weighted by Gasteiger charge is -2.11. The van der Waals surface area contributed by atoms with E-state index in [0.29, 0.717) is 12.3 Å². The number of methoxy groups -OCH3 is 1. The fourth-order valence-electron chi connectivity index (χ4n) is 2.39. The predicted octanol–water partition coefficient (Wildman–Crippen LogP) is 2.01. The lowest BCUT2D eigenvalue weighted by molar-refractivity contribution is -0.154. The fraction of sp³-hybridized carbons (Fsp3) is 0.533. The third-order valence-electron chi connectivity index (χ3n) is 3.46. The summed E-state index contributed by atoms with van der Waals surface area (Å²) in [7, 11) is 2.93. The first kappa shape index (κ1) is 19.8. The summed E-state index contributed by atoms with van der Waals surface area (Å²) in [6.07, 6.45) is -4.52. The van der Waals surface area contributed by atoms with E-state index in [1.807, 2.05) is 0 Å². The Hall–Kier alpha value is -2.56. The Morgan fingerprint density at radius 3 is 2.65 bits per heavy atom. The largest absolute Gasteiger partial charge is 0.468 e. The van der Waals surface area contributed by atoms with Gasteiger partial charge in [0.2, 0.25) is 5.88 Å². The van der Waals surface area contributed by atoms with Gasteiger partial charge in [-0.05, 0) is 13.8 Å². The number of aromatic nitrogens is 3. The molecule has 2 rings (SSSR count). The van der Waals surface area contributed by atoms with Crippen LogP contribution < -0.4 is 10.1 Å². The molecular formula is C15H19F3N4O4. The van der Waals surface area contributed by atoms with Crippen LogP contribution in [0.15, 0.2) is 4.52 Å². The third kappa shape index (κ3) is 4.34. The second kappa shape index (κ2) is 7.77. The van der Waals surface area contributed by atoms with Crippen molar-refractivity contribution >= 4 is 5.91 Å². The van der Waals surface area contributed by atoms with Gasteiger partial charge in [-0.15, -0.1) is 0 Å². The van der Waals surface area contributed by atoms with Crippen molar-refractivity contribution in [3.63, 3.8) is 0 Å². The van der Waals surface area contributed by atoms with Crippen LogP contribution in [0.4, 0.5) is 13.2 Å². The molecule has 0 aliphatic heterocycles. The molecular weight excluding hydrogens is 357 g/mol. The molecule has 1 amide bonds. The fourth-order valence-corrected chi connectivity index (χ4v) is 2.39. The molecule has 0 aliphatic rings. The molecule has 0 fully saturated rings. The average Bonchev–Trinajstić information content (AvgIpc) is 3.03. The van der Waals surface area contributed by atoms with E-state index in [1.54, 1.807) is 6.92 Å². The Labute approximate surface area is 147 Å². The summed E-state index contributed by atoms with van der Waals surface area (Å²) in [5.41, 5.74) is 0.698. The summed E-state index contributed by atoms with van der Waals surface area (Å²) >= 11 is 0. The molecule has 0 spiro atoms. The van der Waals surface area contributed by atoms with Gasteiger partial charge in [0, 0.05) is 20.7 Å². The van der Waals surface area contributed by atoms with E-state index in [2.05, 4.69) is 15.6 Å². The number of carbonyl (C=O) groups is 1. The van der Waals surface area contributed by atoms with Gasteiger partial charge in [0.25, 0.3) is 5.91 Å². The molecule has 2 aromatic rings. The molecule has 2 aromatic heterocycles. The quantitative estimate of drug-likeness (QED) is 0.744. The highest BCUT2D eigenvalue weighted by Crippen LogP contribution is 2.36. The maximum Gasteiger partial charge on any atom is 0.422 e.